The molecule has 0 spiro atoms. The molecule has 1 fully saturated rings. The standard InChI is InChI=1S/C14H25N3O4/c1-14(2,8-11(15)18)16-13(21)17-7-3-4-10(9-17)5-6-12(19)20/h10H,3-9H2,1-2H3,(H2,15,18)(H,16,21)(H,19,20). The third-order valence-electron chi connectivity index (χ3n) is 3.63. The van der Waals surface area contributed by atoms with Crippen molar-refractivity contribution in [2.24, 2.45) is 11.7 Å². The number of hydrogen-bond donors (Lipinski definition) is 3. The highest BCUT2D eigenvalue weighted by molar-refractivity contribution is 5.78. The fraction of sp³-hybridized carbons (Fsp3) is 0.786. The Balaban J connectivity index is 2.49. The predicted molar refractivity (Wildman–Crippen MR) is 77.6 cm³/mol. The number of nitrogens with zero attached hydrogens (tertiary/aromatic N) is 1. The largest absolute Gasteiger partial charge is 0.481 e. The zero-order valence-corrected chi connectivity index (χ0v) is 12.7. The van der Waals surface area contributed by atoms with Crippen LogP contribution in [0.3, 0.4) is 0 Å². The van der Waals surface area contributed by atoms with E-state index in [0.717, 1.165) is 12.8 Å². The summed E-state index contributed by atoms with van der Waals surface area (Å²) in [7, 11) is 0. The lowest BCUT2D eigenvalue weighted by molar-refractivity contribution is -0.137. The van der Waals surface area contributed by atoms with Gasteiger partial charge in [0.25, 0.3) is 0 Å². The van der Waals surface area contributed by atoms with Crippen molar-refractivity contribution >= 4 is 17.9 Å². The molecule has 0 aliphatic carbocycles. The molecule has 1 aliphatic rings. The van der Waals surface area contributed by atoms with E-state index >= 15 is 0 Å². The van der Waals surface area contributed by atoms with Crippen molar-refractivity contribution in [1.29, 1.82) is 0 Å². The molecule has 1 unspecified atom stereocenters. The van der Waals surface area contributed by atoms with E-state index in [9.17, 15) is 14.4 Å². The minimum atomic E-state index is -0.806. The van der Waals surface area contributed by atoms with Crippen molar-refractivity contribution in [2.45, 2.75) is 51.5 Å². The molecule has 1 saturated heterocycles. The number of nitrogens with one attached hydrogen (secondary N) is 1. The number of carboxylic acids is 1. The number of carboxylic acid groups (broad SMARTS) is 1. The Morgan fingerprint density at radius 1 is 1.38 bits per heavy atom. The molecule has 0 bridgehead atoms. The Labute approximate surface area is 124 Å². The second-order valence-corrected chi connectivity index (χ2v) is 6.34. The van der Waals surface area contributed by atoms with Crippen LogP contribution in [0.1, 0.15) is 46.0 Å². The van der Waals surface area contributed by atoms with Gasteiger partial charge in [-0.3, -0.25) is 9.59 Å². The van der Waals surface area contributed by atoms with Crippen molar-refractivity contribution in [3.8, 4) is 0 Å². The summed E-state index contributed by atoms with van der Waals surface area (Å²) in [6.45, 7) is 4.72. The quantitative estimate of drug-likeness (QED) is 0.677. The number of amides is 3. The van der Waals surface area contributed by atoms with Crippen molar-refractivity contribution in [3.05, 3.63) is 0 Å². The molecule has 120 valence electrons. The summed E-state index contributed by atoms with van der Waals surface area (Å²) < 4.78 is 0. The molecule has 3 amide bonds. The van der Waals surface area contributed by atoms with Gasteiger partial charge >= 0.3 is 12.0 Å². The molecule has 0 radical (unpaired) electrons. The molecule has 1 aliphatic heterocycles. The number of likely N-dealkylation sites (tertiary alicyclic amines) is 1. The predicted octanol–water partition coefficient (Wildman–Crippen LogP) is 0.927. The van der Waals surface area contributed by atoms with Gasteiger partial charge in [-0.05, 0) is 39.0 Å². The average molecular weight is 299 g/mol. The van der Waals surface area contributed by atoms with Crippen LogP contribution in [0.2, 0.25) is 0 Å². The third kappa shape index (κ3) is 6.46. The Bertz CT molecular complexity index is 409. The number of rotatable bonds is 6. The summed E-state index contributed by atoms with van der Waals surface area (Å²) in [6.07, 6.45) is 2.61. The van der Waals surface area contributed by atoms with Gasteiger partial charge in [0.15, 0.2) is 0 Å². The lowest BCUT2D eigenvalue weighted by atomic mass is 9.93. The number of hydrogen-bond acceptors (Lipinski definition) is 3. The summed E-state index contributed by atoms with van der Waals surface area (Å²) in [4.78, 5) is 35.5. The van der Waals surface area contributed by atoms with Crippen LogP contribution >= 0.6 is 0 Å². The Kier molecular flexibility index (Phi) is 5.99. The van der Waals surface area contributed by atoms with Gasteiger partial charge in [0.2, 0.25) is 5.91 Å². The van der Waals surface area contributed by atoms with Crippen molar-refractivity contribution in [3.63, 3.8) is 0 Å². The van der Waals surface area contributed by atoms with Gasteiger partial charge in [0.1, 0.15) is 0 Å². The first kappa shape index (κ1) is 17.3. The Hall–Kier alpha value is -1.79. The number of urea groups is 1. The van der Waals surface area contributed by atoms with Gasteiger partial charge < -0.3 is 21.1 Å². The van der Waals surface area contributed by atoms with Crippen LogP contribution in [0.25, 0.3) is 0 Å². The van der Waals surface area contributed by atoms with Crippen LogP contribution in [-0.4, -0.2) is 46.5 Å². The number of carbonyl (C=O) groups excluding carboxylic acids is 2. The maximum absolute atomic E-state index is 12.2. The molecular formula is C14H25N3O4. The minimum absolute atomic E-state index is 0.0784. The molecule has 21 heavy (non-hydrogen) atoms. The highest BCUT2D eigenvalue weighted by Crippen LogP contribution is 2.21. The third-order valence-corrected chi connectivity index (χ3v) is 3.63. The van der Waals surface area contributed by atoms with Crippen molar-refractivity contribution in [2.75, 3.05) is 13.1 Å². The van der Waals surface area contributed by atoms with Gasteiger partial charge in [-0.1, -0.05) is 0 Å². The second kappa shape index (κ2) is 7.28. The SMILES string of the molecule is CC(C)(CC(N)=O)NC(=O)N1CCCC(CCC(=O)O)C1. The monoisotopic (exact) mass is 299 g/mol. The van der Waals surface area contributed by atoms with E-state index in [4.69, 9.17) is 10.8 Å². The lowest BCUT2D eigenvalue weighted by Crippen LogP contribution is -2.53. The molecule has 1 heterocycles. The van der Waals surface area contributed by atoms with Crippen LogP contribution in [0.5, 0.6) is 0 Å². The minimum Gasteiger partial charge on any atom is -0.481 e. The fourth-order valence-electron chi connectivity index (χ4n) is 2.66. The van der Waals surface area contributed by atoms with Crippen molar-refractivity contribution in [1.82, 2.24) is 10.2 Å². The molecule has 7 nitrogen and oxygen atoms in total. The molecule has 1 atom stereocenters. The number of aliphatic carboxylic acids is 1. The normalized spacial score (nSPS) is 19.1. The number of carbonyl (C=O) groups is 3. The number of nitrogens with two attached hydrogens (primary N) is 1. The van der Waals surface area contributed by atoms with Crippen LogP contribution in [0.4, 0.5) is 4.79 Å². The molecular weight excluding hydrogens is 274 g/mol. The summed E-state index contributed by atoms with van der Waals surface area (Å²) in [6, 6.07) is -0.221. The Morgan fingerprint density at radius 3 is 2.62 bits per heavy atom. The molecule has 4 N–H and O–H groups in total. The molecule has 7 heteroatoms. The number of piperidine rings is 1. The van der Waals surface area contributed by atoms with Crippen LogP contribution in [-0.2, 0) is 9.59 Å². The zero-order valence-electron chi connectivity index (χ0n) is 12.7. The second-order valence-electron chi connectivity index (χ2n) is 6.34. The lowest BCUT2D eigenvalue weighted by Gasteiger charge is -2.35. The van der Waals surface area contributed by atoms with Gasteiger partial charge in [-0.2, -0.15) is 0 Å². The topological polar surface area (TPSA) is 113 Å². The first-order valence-corrected chi connectivity index (χ1v) is 7.27. The van der Waals surface area contributed by atoms with E-state index in [1.165, 1.54) is 0 Å². The first-order chi connectivity index (χ1) is 9.69. The Morgan fingerprint density at radius 2 is 2.05 bits per heavy atom. The maximum atomic E-state index is 12.2. The maximum Gasteiger partial charge on any atom is 0.317 e. The highest BCUT2D eigenvalue weighted by Gasteiger charge is 2.28. The zero-order chi connectivity index (χ0) is 16.0. The molecule has 0 saturated carbocycles. The summed E-state index contributed by atoms with van der Waals surface area (Å²) >= 11 is 0. The van der Waals surface area contributed by atoms with E-state index in [2.05, 4.69) is 5.32 Å². The van der Waals surface area contributed by atoms with Crippen LogP contribution in [0.15, 0.2) is 0 Å². The molecule has 0 aromatic rings. The number of primary amides is 1. The van der Waals surface area contributed by atoms with E-state index in [0.29, 0.717) is 19.5 Å². The van der Waals surface area contributed by atoms with E-state index in [1.807, 2.05) is 0 Å². The molecule has 0 aromatic heterocycles. The van der Waals surface area contributed by atoms with Crippen molar-refractivity contribution < 1.29 is 19.5 Å². The van der Waals surface area contributed by atoms with Crippen LogP contribution < -0.4 is 11.1 Å². The summed E-state index contributed by atoms with van der Waals surface area (Å²) in [5.74, 6) is -1.04. The van der Waals surface area contributed by atoms with E-state index in [1.54, 1.807) is 18.7 Å². The average Bonchev–Trinajstić information content (AvgIpc) is 2.34. The summed E-state index contributed by atoms with van der Waals surface area (Å²) in [5, 5.41) is 11.5. The van der Waals surface area contributed by atoms with Gasteiger partial charge in [-0.15, -0.1) is 0 Å². The smallest absolute Gasteiger partial charge is 0.317 e. The van der Waals surface area contributed by atoms with Crippen LogP contribution in [0, 0.1) is 5.92 Å². The fourth-order valence-corrected chi connectivity index (χ4v) is 2.66. The first-order valence-electron chi connectivity index (χ1n) is 7.27. The van der Waals surface area contributed by atoms with Gasteiger partial charge in [0, 0.05) is 31.5 Å². The molecule has 0 aromatic carbocycles. The van der Waals surface area contributed by atoms with Gasteiger partial charge in [-0.25, -0.2) is 4.79 Å². The van der Waals surface area contributed by atoms with E-state index < -0.39 is 17.4 Å². The summed E-state index contributed by atoms with van der Waals surface area (Å²) in [5.41, 5.74) is 4.48. The van der Waals surface area contributed by atoms with E-state index in [-0.39, 0.29) is 24.8 Å². The highest BCUT2D eigenvalue weighted by atomic mass is 16.4. The molecule has 1 rings (SSSR count). The van der Waals surface area contributed by atoms with Gasteiger partial charge in [0.05, 0.1) is 0 Å².